The number of nitrogens with two attached hydrogens (primary N) is 1. The summed E-state index contributed by atoms with van der Waals surface area (Å²) in [5, 5.41) is 12.8. The van der Waals surface area contributed by atoms with Crippen molar-refractivity contribution in [1.82, 2.24) is 14.6 Å². The van der Waals surface area contributed by atoms with Crippen LogP contribution in [0.5, 0.6) is 5.75 Å². The maximum atomic E-state index is 14.1. The summed E-state index contributed by atoms with van der Waals surface area (Å²) in [5.41, 5.74) is 12.7. The smallest absolute Gasteiger partial charge is 0.278 e. The molecule has 5 rings (SSSR count). The molecule has 0 fully saturated rings. The van der Waals surface area contributed by atoms with E-state index < -0.39 is 6.17 Å². The number of benzene rings is 2. The second-order valence-corrected chi connectivity index (χ2v) is 8.70. The van der Waals surface area contributed by atoms with Gasteiger partial charge in [0.2, 0.25) is 0 Å². The van der Waals surface area contributed by atoms with Gasteiger partial charge in [0.1, 0.15) is 47.2 Å². The molecule has 0 bridgehead atoms. The molecule has 2 atom stereocenters. The maximum Gasteiger partial charge on any atom is 0.278 e. The van der Waals surface area contributed by atoms with Crippen LogP contribution in [-0.4, -0.2) is 39.9 Å². The molecule has 2 aromatic heterocycles. The third kappa shape index (κ3) is 4.50. The molecule has 0 aliphatic carbocycles. The summed E-state index contributed by atoms with van der Waals surface area (Å²) in [5.74, 6) is 1.02. The molecule has 4 N–H and O–H groups in total. The number of nitriles is 1. The summed E-state index contributed by atoms with van der Waals surface area (Å²) in [4.78, 5) is 23.9. The Hall–Kier alpha value is -5.04. The fourth-order valence-electron chi connectivity index (χ4n) is 4.52. The average Bonchev–Trinajstić information content (AvgIpc) is 3.32. The van der Waals surface area contributed by atoms with E-state index in [0.29, 0.717) is 17.9 Å². The number of anilines is 3. The Kier molecular flexibility index (Phi) is 6.34. The Morgan fingerprint density at radius 1 is 1.19 bits per heavy atom. The molecule has 3 heterocycles. The molecular formula is C27H26N8O2. The van der Waals surface area contributed by atoms with Gasteiger partial charge >= 0.3 is 0 Å². The first-order valence-corrected chi connectivity index (χ1v) is 11.8. The van der Waals surface area contributed by atoms with Crippen LogP contribution < -0.4 is 26.1 Å². The molecule has 2 aromatic carbocycles. The number of ether oxygens (including phenoxy) is 1. The van der Waals surface area contributed by atoms with E-state index >= 15 is 0 Å². The minimum Gasteiger partial charge on any atom is -0.497 e. The minimum absolute atomic E-state index is 0.0923. The van der Waals surface area contributed by atoms with Crippen molar-refractivity contribution in [2.45, 2.75) is 25.6 Å². The van der Waals surface area contributed by atoms with Crippen molar-refractivity contribution in [3.05, 3.63) is 95.6 Å². The van der Waals surface area contributed by atoms with Crippen LogP contribution in [0.2, 0.25) is 0 Å². The van der Waals surface area contributed by atoms with Gasteiger partial charge in [-0.15, -0.1) is 0 Å². The molecule has 186 valence electrons. The van der Waals surface area contributed by atoms with E-state index in [-0.39, 0.29) is 23.3 Å². The molecule has 4 aromatic rings. The number of aromatic nitrogens is 3. The van der Waals surface area contributed by atoms with Gasteiger partial charge in [0.05, 0.1) is 13.2 Å². The van der Waals surface area contributed by atoms with Crippen molar-refractivity contribution in [1.29, 1.82) is 5.26 Å². The highest BCUT2D eigenvalue weighted by Gasteiger charge is 2.38. The number of nitrogen functional groups attached to an aromatic ring is 1. The number of rotatable bonds is 7. The van der Waals surface area contributed by atoms with Crippen LogP contribution in [0.25, 0.3) is 0 Å². The molecule has 1 aliphatic rings. The summed E-state index contributed by atoms with van der Waals surface area (Å²) in [6.07, 6.45) is 3.21. The van der Waals surface area contributed by atoms with Gasteiger partial charge in [-0.25, -0.2) is 9.97 Å². The summed E-state index contributed by atoms with van der Waals surface area (Å²) in [6.45, 7) is 1.91. The largest absolute Gasteiger partial charge is 0.497 e. The molecule has 1 unspecified atom stereocenters. The highest BCUT2D eigenvalue weighted by atomic mass is 16.5. The molecule has 0 saturated heterocycles. The molecule has 0 radical (unpaired) electrons. The van der Waals surface area contributed by atoms with E-state index in [1.807, 2.05) is 79.9 Å². The lowest BCUT2D eigenvalue weighted by Gasteiger charge is -2.41. The number of carbonyl (C=O) groups is 1. The van der Waals surface area contributed by atoms with Crippen molar-refractivity contribution in [2.75, 3.05) is 28.5 Å². The Balaban J connectivity index is 1.51. The van der Waals surface area contributed by atoms with Gasteiger partial charge in [0.15, 0.2) is 0 Å². The second kappa shape index (κ2) is 9.91. The SMILES string of the molecule is COc1cccc(Cc2ccn3c2C(=O)N(c2ccccc2)C([C@H](C)Nc2ncnc(N)c2C#N)N3)c1. The molecule has 1 aliphatic heterocycles. The first kappa shape index (κ1) is 23.7. The number of nitrogens with zero attached hydrogens (tertiary/aromatic N) is 5. The zero-order valence-corrected chi connectivity index (χ0v) is 20.4. The van der Waals surface area contributed by atoms with Crippen molar-refractivity contribution in [3.8, 4) is 11.8 Å². The molecule has 1 amide bonds. The second-order valence-electron chi connectivity index (χ2n) is 8.70. The number of hydrogen-bond donors (Lipinski definition) is 3. The molecule has 37 heavy (non-hydrogen) atoms. The lowest BCUT2D eigenvalue weighted by molar-refractivity contribution is 0.0954. The Morgan fingerprint density at radius 3 is 2.76 bits per heavy atom. The maximum absolute atomic E-state index is 14.1. The van der Waals surface area contributed by atoms with Crippen molar-refractivity contribution in [3.63, 3.8) is 0 Å². The van der Waals surface area contributed by atoms with Crippen LogP contribution in [0.15, 0.2) is 73.2 Å². The number of para-hydroxylation sites is 1. The monoisotopic (exact) mass is 494 g/mol. The number of nitrogens with one attached hydrogen (secondary N) is 2. The number of carbonyl (C=O) groups excluding carboxylic acids is 1. The number of fused-ring (bicyclic) bond motifs is 1. The van der Waals surface area contributed by atoms with Gasteiger partial charge < -0.3 is 21.2 Å². The summed E-state index contributed by atoms with van der Waals surface area (Å²) >= 11 is 0. The zero-order chi connectivity index (χ0) is 25.9. The van der Waals surface area contributed by atoms with Gasteiger partial charge in [-0.2, -0.15) is 5.26 Å². The lowest BCUT2D eigenvalue weighted by atomic mass is 10.0. The van der Waals surface area contributed by atoms with Gasteiger partial charge in [-0.3, -0.25) is 14.4 Å². The van der Waals surface area contributed by atoms with E-state index in [0.717, 1.165) is 22.6 Å². The van der Waals surface area contributed by atoms with E-state index in [9.17, 15) is 10.1 Å². The van der Waals surface area contributed by atoms with E-state index in [1.54, 1.807) is 16.7 Å². The number of hydrogen-bond acceptors (Lipinski definition) is 8. The fourth-order valence-corrected chi connectivity index (χ4v) is 4.52. The normalized spacial score (nSPS) is 15.3. The predicted octanol–water partition coefficient (Wildman–Crippen LogP) is 3.36. The first-order valence-electron chi connectivity index (χ1n) is 11.8. The lowest BCUT2D eigenvalue weighted by Crippen LogP contribution is -2.60. The highest BCUT2D eigenvalue weighted by molar-refractivity contribution is 6.07. The predicted molar refractivity (Wildman–Crippen MR) is 141 cm³/mol. The summed E-state index contributed by atoms with van der Waals surface area (Å²) < 4.78 is 7.12. The van der Waals surface area contributed by atoms with Crippen molar-refractivity contribution >= 4 is 23.2 Å². The summed E-state index contributed by atoms with van der Waals surface area (Å²) in [6, 6.07) is 20.9. The fraction of sp³-hybridized carbons (Fsp3) is 0.185. The van der Waals surface area contributed by atoms with Crippen LogP contribution >= 0.6 is 0 Å². The topological polar surface area (TPSA) is 134 Å². The van der Waals surface area contributed by atoms with Gasteiger partial charge in [0, 0.05) is 11.9 Å². The molecular weight excluding hydrogens is 468 g/mol. The van der Waals surface area contributed by atoms with E-state index in [1.165, 1.54) is 6.33 Å². The highest BCUT2D eigenvalue weighted by Crippen LogP contribution is 2.29. The van der Waals surface area contributed by atoms with Gasteiger partial charge in [-0.05, 0) is 54.8 Å². The van der Waals surface area contributed by atoms with Crippen molar-refractivity contribution < 1.29 is 9.53 Å². The van der Waals surface area contributed by atoms with Gasteiger partial charge in [0.25, 0.3) is 5.91 Å². The quantitative estimate of drug-likeness (QED) is 0.356. The van der Waals surface area contributed by atoms with Crippen LogP contribution in [-0.2, 0) is 6.42 Å². The van der Waals surface area contributed by atoms with Gasteiger partial charge in [-0.1, -0.05) is 30.3 Å². The number of methoxy groups -OCH3 is 1. The van der Waals surface area contributed by atoms with Crippen LogP contribution in [0.1, 0.15) is 34.1 Å². The van der Waals surface area contributed by atoms with E-state index in [4.69, 9.17) is 10.5 Å². The Labute approximate surface area is 214 Å². The standard InChI is InChI=1S/C27H26N8O2/c1-17(32-25-22(15-28)24(29)30-16-31-25)26-33-34-12-11-19(13-18-7-6-10-21(14-18)37-2)23(34)27(36)35(26)20-8-4-3-5-9-20/h3-12,14,16-17,26,33H,13H2,1-2H3,(H3,29,30,31,32)/t17-,26?/m0/s1. The molecule has 10 heteroatoms. The molecule has 0 spiro atoms. The minimum atomic E-state index is -0.512. The Morgan fingerprint density at radius 2 is 2.00 bits per heavy atom. The van der Waals surface area contributed by atoms with Crippen molar-refractivity contribution in [2.24, 2.45) is 0 Å². The zero-order valence-electron chi connectivity index (χ0n) is 20.4. The van der Waals surface area contributed by atoms with Crippen LogP contribution in [0.3, 0.4) is 0 Å². The first-order chi connectivity index (χ1) is 18.0. The molecule has 0 saturated carbocycles. The Bertz CT molecular complexity index is 1480. The molecule has 10 nitrogen and oxygen atoms in total. The van der Waals surface area contributed by atoms with Crippen LogP contribution in [0.4, 0.5) is 17.3 Å². The third-order valence-electron chi connectivity index (χ3n) is 6.33. The average molecular weight is 495 g/mol. The summed E-state index contributed by atoms with van der Waals surface area (Å²) in [7, 11) is 1.63. The van der Waals surface area contributed by atoms with Crippen LogP contribution in [0, 0.1) is 11.3 Å². The number of amides is 1. The van der Waals surface area contributed by atoms with E-state index in [2.05, 4.69) is 20.7 Å². The third-order valence-corrected chi connectivity index (χ3v) is 6.33.